The molecule has 1 amide bonds. The number of rotatable bonds is 4. The van der Waals surface area contributed by atoms with E-state index in [0.717, 1.165) is 18.6 Å². The van der Waals surface area contributed by atoms with Gasteiger partial charge in [-0.05, 0) is 44.7 Å². The van der Waals surface area contributed by atoms with Crippen LogP contribution >= 0.6 is 0 Å². The van der Waals surface area contributed by atoms with Crippen molar-refractivity contribution in [3.63, 3.8) is 0 Å². The molecule has 2 aliphatic heterocycles. The number of para-hydroxylation sites is 1. The Hall–Kier alpha value is -1.55. The van der Waals surface area contributed by atoms with Gasteiger partial charge in [-0.25, -0.2) is 0 Å². The van der Waals surface area contributed by atoms with Crippen LogP contribution in [0.1, 0.15) is 32.6 Å². The molecular weight excluding hydrogens is 264 g/mol. The lowest BCUT2D eigenvalue weighted by Crippen LogP contribution is -2.51. The van der Waals surface area contributed by atoms with Crippen LogP contribution in [0.5, 0.6) is 5.75 Å². The number of benzene rings is 1. The molecule has 0 spiro atoms. The monoisotopic (exact) mass is 288 g/mol. The summed E-state index contributed by atoms with van der Waals surface area (Å²) in [6.07, 6.45) is 4.19. The summed E-state index contributed by atoms with van der Waals surface area (Å²) in [4.78, 5) is 14.5. The summed E-state index contributed by atoms with van der Waals surface area (Å²) in [5.41, 5.74) is 0. The van der Waals surface area contributed by atoms with E-state index in [2.05, 4.69) is 5.32 Å². The van der Waals surface area contributed by atoms with Crippen molar-refractivity contribution in [2.75, 3.05) is 7.05 Å². The van der Waals surface area contributed by atoms with E-state index < -0.39 is 6.10 Å². The van der Waals surface area contributed by atoms with Gasteiger partial charge in [-0.15, -0.1) is 0 Å². The van der Waals surface area contributed by atoms with E-state index in [4.69, 9.17) is 4.74 Å². The van der Waals surface area contributed by atoms with Gasteiger partial charge in [0, 0.05) is 25.2 Å². The van der Waals surface area contributed by atoms with E-state index >= 15 is 0 Å². The highest BCUT2D eigenvalue weighted by atomic mass is 16.5. The zero-order valence-corrected chi connectivity index (χ0v) is 12.8. The number of nitrogens with one attached hydrogen (secondary N) is 1. The largest absolute Gasteiger partial charge is 0.481 e. The Morgan fingerprint density at radius 1 is 1.24 bits per heavy atom. The van der Waals surface area contributed by atoms with Gasteiger partial charge in [0.2, 0.25) is 0 Å². The third-order valence-corrected chi connectivity index (χ3v) is 4.75. The lowest BCUT2D eigenvalue weighted by Gasteiger charge is -2.36. The molecule has 2 aliphatic rings. The van der Waals surface area contributed by atoms with Gasteiger partial charge in [0.05, 0.1) is 0 Å². The molecule has 3 atom stereocenters. The summed E-state index contributed by atoms with van der Waals surface area (Å²) in [5.74, 6) is 0.822. The fraction of sp³-hybridized carbons (Fsp3) is 0.588. The van der Waals surface area contributed by atoms with E-state index in [9.17, 15) is 4.79 Å². The van der Waals surface area contributed by atoms with Gasteiger partial charge in [0.15, 0.2) is 6.10 Å². The standard InChI is InChI=1S/C17H24N2O2/c1-12(21-16-6-4-3-5-7-16)17(20)19(2)15-10-13-8-9-14(11-15)18-13/h3-7,12-15,18H,8-11H2,1-2H3. The molecule has 21 heavy (non-hydrogen) atoms. The molecule has 114 valence electrons. The first-order chi connectivity index (χ1) is 10.1. The van der Waals surface area contributed by atoms with Crippen LogP contribution in [0.15, 0.2) is 30.3 Å². The maximum atomic E-state index is 12.6. The van der Waals surface area contributed by atoms with Crippen LogP contribution in [-0.4, -0.2) is 42.1 Å². The van der Waals surface area contributed by atoms with Crippen LogP contribution in [0.2, 0.25) is 0 Å². The number of piperidine rings is 1. The number of hydrogen-bond donors (Lipinski definition) is 1. The molecule has 1 N–H and O–H groups in total. The second-order valence-electron chi connectivity index (χ2n) is 6.29. The summed E-state index contributed by atoms with van der Waals surface area (Å²) in [7, 11) is 1.92. The third kappa shape index (κ3) is 3.21. The second kappa shape index (κ2) is 6.06. The Labute approximate surface area is 126 Å². The highest BCUT2D eigenvalue weighted by molar-refractivity contribution is 5.81. The van der Waals surface area contributed by atoms with Crippen molar-refractivity contribution in [1.29, 1.82) is 0 Å². The molecule has 3 unspecified atom stereocenters. The molecule has 4 nitrogen and oxygen atoms in total. The topological polar surface area (TPSA) is 41.6 Å². The zero-order chi connectivity index (χ0) is 14.8. The minimum Gasteiger partial charge on any atom is -0.481 e. The Morgan fingerprint density at radius 2 is 1.86 bits per heavy atom. The Bertz CT molecular complexity index is 479. The SMILES string of the molecule is CC(Oc1ccccc1)C(=O)N(C)C1CC2CCC(C1)N2. The summed E-state index contributed by atoms with van der Waals surface area (Å²) in [6, 6.07) is 11.1. The van der Waals surface area contributed by atoms with Crippen molar-refractivity contribution in [3.05, 3.63) is 30.3 Å². The normalized spacial score (nSPS) is 29.0. The van der Waals surface area contributed by atoms with Gasteiger partial charge in [-0.3, -0.25) is 4.79 Å². The molecule has 1 aromatic carbocycles. The predicted octanol–water partition coefficient (Wildman–Crippen LogP) is 2.20. The summed E-state index contributed by atoms with van der Waals surface area (Å²) < 4.78 is 5.75. The van der Waals surface area contributed by atoms with Crippen molar-refractivity contribution in [1.82, 2.24) is 10.2 Å². The number of carbonyl (C=O) groups is 1. The van der Waals surface area contributed by atoms with Crippen molar-refractivity contribution in [2.45, 2.75) is 56.8 Å². The van der Waals surface area contributed by atoms with Crippen LogP contribution < -0.4 is 10.1 Å². The van der Waals surface area contributed by atoms with Gasteiger partial charge in [0.1, 0.15) is 5.75 Å². The molecule has 4 heteroatoms. The Balaban J connectivity index is 1.59. The fourth-order valence-corrected chi connectivity index (χ4v) is 3.56. The number of fused-ring (bicyclic) bond motifs is 2. The number of carbonyl (C=O) groups excluding carboxylic acids is 1. The van der Waals surface area contributed by atoms with Gasteiger partial charge in [-0.1, -0.05) is 18.2 Å². The zero-order valence-electron chi connectivity index (χ0n) is 12.8. The first kappa shape index (κ1) is 14.4. The molecule has 1 aromatic rings. The van der Waals surface area contributed by atoms with Crippen molar-refractivity contribution < 1.29 is 9.53 Å². The van der Waals surface area contributed by atoms with E-state index in [0.29, 0.717) is 18.1 Å². The molecule has 2 heterocycles. The maximum Gasteiger partial charge on any atom is 0.263 e. The molecule has 2 bridgehead atoms. The Morgan fingerprint density at radius 3 is 2.48 bits per heavy atom. The molecule has 3 rings (SSSR count). The van der Waals surface area contributed by atoms with Crippen LogP contribution in [0, 0.1) is 0 Å². The van der Waals surface area contributed by atoms with Crippen molar-refractivity contribution in [2.24, 2.45) is 0 Å². The predicted molar refractivity (Wildman–Crippen MR) is 82.3 cm³/mol. The number of nitrogens with zero attached hydrogens (tertiary/aromatic N) is 1. The van der Waals surface area contributed by atoms with Gasteiger partial charge < -0.3 is 15.0 Å². The quantitative estimate of drug-likeness (QED) is 0.923. The van der Waals surface area contributed by atoms with E-state index in [1.54, 1.807) is 0 Å². The van der Waals surface area contributed by atoms with Crippen LogP contribution in [0.25, 0.3) is 0 Å². The third-order valence-electron chi connectivity index (χ3n) is 4.75. The molecule has 0 saturated carbocycles. The van der Waals surface area contributed by atoms with E-state index in [1.807, 2.05) is 49.2 Å². The average molecular weight is 288 g/mol. The minimum atomic E-state index is -0.440. The second-order valence-corrected chi connectivity index (χ2v) is 6.29. The number of ether oxygens (including phenoxy) is 1. The summed E-state index contributed by atoms with van der Waals surface area (Å²) >= 11 is 0. The lowest BCUT2D eigenvalue weighted by molar-refractivity contribution is -0.139. The lowest BCUT2D eigenvalue weighted by atomic mass is 9.98. The average Bonchev–Trinajstić information content (AvgIpc) is 2.85. The Kier molecular flexibility index (Phi) is 4.15. The highest BCUT2D eigenvalue weighted by Gasteiger charge is 2.37. The van der Waals surface area contributed by atoms with Crippen molar-refractivity contribution >= 4 is 5.91 Å². The molecule has 2 fully saturated rings. The van der Waals surface area contributed by atoms with Crippen LogP contribution in [0.3, 0.4) is 0 Å². The first-order valence-corrected chi connectivity index (χ1v) is 7.88. The number of hydrogen-bond acceptors (Lipinski definition) is 3. The molecular formula is C17H24N2O2. The molecule has 0 radical (unpaired) electrons. The summed E-state index contributed by atoms with van der Waals surface area (Å²) in [6.45, 7) is 1.83. The highest BCUT2D eigenvalue weighted by Crippen LogP contribution is 2.29. The van der Waals surface area contributed by atoms with E-state index in [1.165, 1.54) is 12.8 Å². The van der Waals surface area contributed by atoms with E-state index in [-0.39, 0.29) is 5.91 Å². The molecule has 0 aromatic heterocycles. The van der Waals surface area contributed by atoms with Gasteiger partial charge >= 0.3 is 0 Å². The van der Waals surface area contributed by atoms with Gasteiger partial charge in [0.25, 0.3) is 5.91 Å². The summed E-state index contributed by atoms with van der Waals surface area (Å²) in [5, 5.41) is 3.61. The van der Waals surface area contributed by atoms with Crippen LogP contribution in [0.4, 0.5) is 0 Å². The number of likely N-dealkylation sites (N-methyl/N-ethyl adjacent to an activating group) is 1. The number of amides is 1. The maximum absolute atomic E-state index is 12.6. The fourth-order valence-electron chi connectivity index (χ4n) is 3.56. The van der Waals surface area contributed by atoms with Gasteiger partial charge in [-0.2, -0.15) is 0 Å². The van der Waals surface area contributed by atoms with Crippen LogP contribution in [-0.2, 0) is 4.79 Å². The smallest absolute Gasteiger partial charge is 0.263 e. The molecule has 0 aliphatic carbocycles. The minimum absolute atomic E-state index is 0.0742. The first-order valence-electron chi connectivity index (χ1n) is 7.88. The van der Waals surface area contributed by atoms with Crippen molar-refractivity contribution in [3.8, 4) is 5.75 Å². The molecule has 2 saturated heterocycles.